The van der Waals surface area contributed by atoms with Crippen LogP contribution in [0, 0.1) is 6.92 Å². The first-order chi connectivity index (χ1) is 13.7. The van der Waals surface area contributed by atoms with E-state index in [1.807, 2.05) is 55.6 Å². The van der Waals surface area contributed by atoms with Crippen molar-refractivity contribution in [3.05, 3.63) is 94.9 Å². The van der Waals surface area contributed by atoms with Gasteiger partial charge in [-0.25, -0.2) is 4.98 Å². The number of benzene rings is 1. The SMILES string of the molecule is Cc1cccc(-c2cc(-c3cncc(Br)c3)cc(NCc3ccccc3)n2)n1. The van der Waals surface area contributed by atoms with Gasteiger partial charge in [0.1, 0.15) is 5.82 Å². The highest BCUT2D eigenvalue weighted by molar-refractivity contribution is 9.10. The van der Waals surface area contributed by atoms with E-state index in [0.717, 1.165) is 38.5 Å². The van der Waals surface area contributed by atoms with E-state index in [2.05, 4.69) is 55.5 Å². The molecule has 0 saturated carbocycles. The first-order valence-corrected chi connectivity index (χ1v) is 9.81. The van der Waals surface area contributed by atoms with E-state index in [1.165, 1.54) is 5.56 Å². The Kier molecular flexibility index (Phi) is 5.44. The van der Waals surface area contributed by atoms with Gasteiger partial charge in [-0.15, -0.1) is 0 Å². The predicted molar refractivity (Wildman–Crippen MR) is 117 cm³/mol. The fourth-order valence-corrected chi connectivity index (χ4v) is 3.33. The summed E-state index contributed by atoms with van der Waals surface area (Å²) >= 11 is 3.51. The average molecular weight is 431 g/mol. The van der Waals surface area contributed by atoms with Crippen molar-refractivity contribution in [2.45, 2.75) is 13.5 Å². The highest BCUT2D eigenvalue weighted by atomic mass is 79.9. The minimum Gasteiger partial charge on any atom is -0.366 e. The molecule has 4 rings (SSSR count). The molecule has 0 saturated heterocycles. The van der Waals surface area contributed by atoms with Crippen LogP contribution in [-0.4, -0.2) is 15.0 Å². The summed E-state index contributed by atoms with van der Waals surface area (Å²) in [5.41, 5.74) is 5.91. The monoisotopic (exact) mass is 430 g/mol. The molecule has 0 aliphatic carbocycles. The zero-order valence-corrected chi connectivity index (χ0v) is 17.0. The van der Waals surface area contributed by atoms with E-state index in [-0.39, 0.29) is 0 Å². The maximum Gasteiger partial charge on any atom is 0.127 e. The number of aromatic nitrogens is 3. The van der Waals surface area contributed by atoms with E-state index in [1.54, 1.807) is 6.20 Å². The smallest absolute Gasteiger partial charge is 0.127 e. The molecule has 0 amide bonds. The molecular formula is C23H19BrN4. The van der Waals surface area contributed by atoms with Gasteiger partial charge in [0, 0.05) is 34.7 Å². The molecule has 4 aromatic rings. The second-order valence-electron chi connectivity index (χ2n) is 6.52. The van der Waals surface area contributed by atoms with Crippen LogP contribution >= 0.6 is 15.9 Å². The third kappa shape index (κ3) is 4.43. The van der Waals surface area contributed by atoms with Crippen molar-refractivity contribution in [2.24, 2.45) is 0 Å². The Morgan fingerprint density at radius 2 is 1.68 bits per heavy atom. The number of nitrogens with zero attached hydrogens (tertiary/aromatic N) is 3. The zero-order chi connectivity index (χ0) is 19.3. The second kappa shape index (κ2) is 8.31. The summed E-state index contributed by atoms with van der Waals surface area (Å²) in [7, 11) is 0. The highest BCUT2D eigenvalue weighted by Crippen LogP contribution is 2.28. The normalized spacial score (nSPS) is 10.6. The molecule has 138 valence electrons. The minimum absolute atomic E-state index is 0.703. The van der Waals surface area contributed by atoms with Gasteiger partial charge in [-0.05, 0) is 64.3 Å². The average Bonchev–Trinajstić information content (AvgIpc) is 2.73. The van der Waals surface area contributed by atoms with Gasteiger partial charge in [0.15, 0.2) is 0 Å². The predicted octanol–water partition coefficient (Wildman–Crippen LogP) is 5.89. The van der Waals surface area contributed by atoms with Crippen molar-refractivity contribution in [1.29, 1.82) is 0 Å². The van der Waals surface area contributed by atoms with Crippen molar-refractivity contribution in [2.75, 3.05) is 5.32 Å². The zero-order valence-electron chi connectivity index (χ0n) is 15.4. The summed E-state index contributed by atoms with van der Waals surface area (Å²) in [6.45, 7) is 2.69. The van der Waals surface area contributed by atoms with E-state index < -0.39 is 0 Å². The molecule has 4 nitrogen and oxygen atoms in total. The van der Waals surface area contributed by atoms with Crippen LogP contribution in [0.3, 0.4) is 0 Å². The number of hydrogen-bond acceptors (Lipinski definition) is 4. The maximum absolute atomic E-state index is 4.80. The molecule has 0 fully saturated rings. The van der Waals surface area contributed by atoms with Crippen LogP contribution < -0.4 is 5.32 Å². The molecule has 1 aromatic carbocycles. The summed E-state index contributed by atoms with van der Waals surface area (Å²) in [5, 5.41) is 3.44. The van der Waals surface area contributed by atoms with Crippen LogP contribution in [0.5, 0.6) is 0 Å². The molecule has 28 heavy (non-hydrogen) atoms. The number of nitrogens with one attached hydrogen (secondary N) is 1. The van der Waals surface area contributed by atoms with Crippen molar-refractivity contribution in [3.63, 3.8) is 0 Å². The highest BCUT2D eigenvalue weighted by Gasteiger charge is 2.09. The second-order valence-corrected chi connectivity index (χ2v) is 7.44. The first kappa shape index (κ1) is 18.3. The largest absolute Gasteiger partial charge is 0.366 e. The topological polar surface area (TPSA) is 50.7 Å². The molecule has 0 aliphatic rings. The Hall–Kier alpha value is -3.05. The van der Waals surface area contributed by atoms with Crippen molar-refractivity contribution in [3.8, 4) is 22.5 Å². The summed E-state index contributed by atoms with van der Waals surface area (Å²) in [4.78, 5) is 13.7. The van der Waals surface area contributed by atoms with E-state index in [4.69, 9.17) is 4.98 Å². The molecule has 0 spiro atoms. The van der Waals surface area contributed by atoms with Crippen molar-refractivity contribution in [1.82, 2.24) is 15.0 Å². The molecule has 3 aromatic heterocycles. The van der Waals surface area contributed by atoms with Gasteiger partial charge in [0.05, 0.1) is 11.4 Å². The summed E-state index contributed by atoms with van der Waals surface area (Å²) < 4.78 is 0.941. The fourth-order valence-electron chi connectivity index (χ4n) is 2.96. The lowest BCUT2D eigenvalue weighted by molar-refractivity contribution is 1.10. The van der Waals surface area contributed by atoms with Crippen molar-refractivity contribution < 1.29 is 0 Å². The Morgan fingerprint density at radius 3 is 2.46 bits per heavy atom. The Labute approximate surface area is 172 Å². The van der Waals surface area contributed by atoms with Crippen LogP contribution in [-0.2, 0) is 6.54 Å². The van der Waals surface area contributed by atoms with Gasteiger partial charge in [0.2, 0.25) is 0 Å². The molecular weight excluding hydrogens is 412 g/mol. The van der Waals surface area contributed by atoms with Crippen LogP contribution in [0.2, 0.25) is 0 Å². The fraction of sp³-hybridized carbons (Fsp3) is 0.0870. The third-order valence-electron chi connectivity index (χ3n) is 4.33. The molecule has 5 heteroatoms. The number of halogens is 1. The number of anilines is 1. The Balaban J connectivity index is 1.74. The van der Waals surface area contributed by atoms with Gasteiger partial charge >= 0.3 is 0 Å². The first-order valence-electron chi connectivity index (χ1n) is 9.02. The van der Waals surface area contributed by atoms with Crippen LogP contribution in [0.4, 0.5) is 5.82 Å². The van der Waals surface area contributed by atoms with Crippen molar-refractivity contribution >= 4 is 21.7 Å². The Morgan fingerprint density at radius 1 is 0.821 bits per heavy atom. The minimum atomic E-state index is 0.703. The van der Waals surface area contributed by atoms with Gasteiger partial charge < -0.3 is 5.32 Å². The number of hydrogen-bond donors (Lipinski definition) is 1. The molecule has 0 radical (unpaired) electrons. The lowest BCUT2D eigenvalue weighted by atomic mass is 10.1. The molecule has 1 N–H and O–H groups in total. The van der Waals surface area contributed by atoms with E-state index in [0.29, 0.717) is 6.54 Å². The molecule has 0 unspecified atom stereocenters. The van der Waals surface area contributed by atoms with Crippen LogP contribution in [0.25, 0.3) is 22.5 Å². The van der Waals surface area contributed by atoms with Gasteiger partial charge in [-0.3, -0.25) is 9.97 Å². The van der Waals surface area contributed by atoms with E-state index in [9.17, 15) is 0 Å². The molecule has 0 atom stereocenters. The summed E-state index contributed by atoms with van der Waals surface area (Å²) in [6, 6.07) is 22.4. The third-order valence-corrected chi connectivity index (χ3v) is 4.76. The standard InChI is InChI=1S/C23H19BrN4/c1-16-6-5-9-21(27-16)22-11-18(19-10-20(24)15-25-14-19)12-23(28-22)26-13-17-7-3-2-4-8-17/h2-12,14-15H,13H2,1H3,(H,26,28). The lowest BCUT2D eigenvalue weighted by Crippen LogP contribution is -2.03. The molecule has 0 aliphatic heterocycles. The van der Waals surface area contributed by atoms with E-state index >= 15 is 0 Å². The number of aryl methyl sites for hydroxylation is 1. The number of pyridine rings is 3. The number of rotatable bonds is 5. The summed E-state index contributed by atoms with van der Waals surface area (Å²) in [6.07, 6.45) is 3.64. The molecule has 0 bridgehead atoms. The molecule has 3 heterocycles. The summed E-state index contributed by atoms with van der Waals surface area (Å²) in [5.74, 6) is 0.805. The maximum atomic E-state index is 4.80. The van der Waals surface area contributed by atoms with Gasteiger partial charge in [0.25, 0.3) is 0 Å². The Bertz CT molecular complexity index is 1030. The van der Waals surface area contributed by atoms with Crippen LogP contribution in [0.15, 0.2) is 83.6 Å². The van der Waals surface area contributed by atoms with Crippen LogP contribution in [0.1, 0.15) is 11.3 Å². The van der Waals surface area contributed by atoms with Gasteiger partial charge in [-0.1, -0.05) is 36.4 Å². The lowest BCUT2D eigenvalue weighted by Gasteiger charge is -2.11. The quantitative estimate of drug-likeness (QED) is 0.428. The van der Waals surface area contributed by atoms with Gasteiger partial charge in [-0.2, -0.15) is 0 Å².